The molecule has 0 atom stereocenters. The van der Waals surface area contributed by atoms with Gasteiger partial charge in [0.05, 0.1) is 38.4 Å². The van der Waals surface area contributed by atoms with Crippen LogP contribution in [0.4, 0.5) is 0 Å². The van der Waals surface area contributed by atoms with E-state index in [1.165, 1.54) is 0 Å². The van der Waals surface area contributed by atoms with Crippen molar-refractivity contribution in [3.63, 3.8) is 0 Å². The topological polar surface area (TPSA) is 66.0 Å². The van der Waals surface area contributed by atoms with E-state index in [4.69, 9.17) is 18.9 Å². The van der Waals surface area contributed by atoms with Crippen LogP contribution < -0.4 is 5.32 Å². The van der Waals surface area contributed by atoms with Gasteiger partial charge in [-0.15, -0.1) is 0 Å². The molecule has 1 aliphatic rings. The number of carbonyl (C=O) groups is 1. The SMILES string of the molecule is COCCOCCOCCOC(=O)C1(C)CCNCC1. The minimum atomic E-state index is -0.339. The minimum absolute atomic E-state index is 0.112. The summed E-state index contributed by atoms with van der Waals surface area (Å²) < 4.78 is 20.7. The summed E-state index contributed by atoms with van der Waals surface area (Å²) in [5, 5.41) is 3.24. The number of carbonyl (C=O) groups excluding carboxylic acids is 1. The van der Waals surface area contributed by atoms with Crippen molar-refractivity contribution in [2.45, 2.75) is 19.8 Å². The fourth-order valence-corrected chi connectivity index (χ4v) is 2.01. The average Bonchev–Trinajstić information content (AvgIpc) is 2.46. The molecule has 0 spiro atoms. The molecule has 118 valence electrons. The molecular weight excluding hydrogens is 262 g/mol. The van der Waals surface area contributed by atoms with E-state index in [0.717, 1.165) is 25.9 Å². The number of hydrogen-bond donors (Lipinski definition) is 1. The standard InChI is InChI=1S/C14H27NO5/c1-14(3-5-15-6-4-14)13(16)20-12-11-19-10-9-18-8-7-17-2/h15H,3-12H2,1-2H3. The molecule has 0 radical (unpaired) electrons. The zero-order valence-corrected chi connectivity index (χ0v) is 12.6. The molecule has 6 nitrogen and oxygen atoms in total. The van der Waals surface area contributed by atoms with Crippen molar-refractivity contribution in [2.24, 2.45) is 5.41 Å². The third-order valence-corrected chi connectivity index (χ3v) is 3.46. The Morgan fingerprint density at radius 2 is 1.55 bits per heavy atom. The second-order valence-corrected chi connectivity index (χ2v) is 5.16. The fourth-order valence-electron chi connectivity index (χ4n) is 2.01. The van der Waals surface area contributed by atoms with Gasteiger partial charge in [0.2, 0.25) is 0 Å². The summed E-state index contributed by atoms with van der Waals surface area (Å²) in [4.78, 5) is 12.0. The van der Waals surface area contributed by atoms with Crippen LogP contribution in [0.3, 0.4) is 0 Å². The summed E-state index contributed by atoms with van der Waals surface area (Å²) in [6.45, 7) is 6.63. The lowest BCUT2D eigenvalue weighted by molar-refractivity contribution is -0.158. The van der Waals surface area contributed by atoms with Gasteiger partial charge in [0.15, 0.2) is 0 Å². The molecule has 1 saturated heterocycles. The molecule has 0 unspecified atom stereocenters. The van der Waals surface area contributed by atoms with E-state index in [-0.39, 0.29) is 11.4 Å². The predicted molar refractivity (Wildman–Crippen MR) is 74.7 cm³/mol. The van der Waals surface area contributed by atoms with Crippen LogP contribution in [-0.4, -0.2) is 65.8 Å². The highest BCUT2D eigenvalue weighted by Crippen LogP contribution is 2.29. The van der Waals surface area contributed by atoms with Crippen molar-refractivity contribution in [1.82, 2.24) is 5.32 Å². The number of hydrogen-bond acceptors (Lipinski definition) is 6. The van der Waals surface area contributed by atoms with Crippen LogP contribution in [-0.2, 0) is 23.7 Å². The van der Waals surface area contributed by atoms with Gasteiger partial charge in [0, 0.05) is 7.11 Å². The van der Waals surface area contributed by atoms with E-state index < -0.39 is 0 Å². The molecule has 0 amide bonds. The van der Waals surface area contributed by atoms with Gasteiger partial charge >= 0.3 is 5.97 Å². The Kier molecular flexibility index (Phi) is 8.77. The van der Waals surface area contributed by atoms with Crippen LogP contribution in [0.15, 0.2) is 0 Å². The Hall–Kier alpha value is -0.690. The van der Waals surface area contributed by atoms with E-state index >= 15 is 0 Å². The first-order valence-electron chi connectivity index (χ1n) is 7.21. The summed E-state index contributed by atoms with van der Waals surface area (Å²) in [5.41, 5.74) is -0.339. The summed E-state index contributed by atoms with van der Waals surface area (Å²) in [6.07, 6.45) is 1.67. The number of nitrogens with one attached hydrogen (secondary N) is 1. The third kappa shape index (κ3) is 6.65. The molecule has 0 aromatic rings. The maximum absolute atomic E-state index is 12.0. The molecule has 0 aliphatic carbocycles. The highest BCUT2D eigenvalue weighted by atomic mass is 16.6. The molecule has 0 saturated carbocycles. The summed E-state index contributed by atoms with van der Waals surface area (Å²) >= 11 is 0. The zero-order chi connectivity index (χ0) is 14.7. The van der Waals surface area contributed by atoms with Crippen LogP contribution in [0.25, 0.3) is 0 Å². The Bertz CT molecular complexity index is 266. The molecule has 20 heavy (non-hydrogen) atoms. The van der Waals surface area contributed by atoms with Crippen molar-refractivity contribution in [3.05, 3.63) is 0 Å². The van der Waals surface area contributed by atoms with E-state index in [2.05, 4.69) is 5.32 Å². The van der Waals surface area contributed by atoms with E-state index in [9.17, 15) is 4.79 Å². The Morgan fingerprint density at radius 3 is 2.15 bits per heavy atom. The van der Waals surface area contributed by atoms with Crippen molar-refractivity contribution in [2.75, 3.05) is 59.8 Å². The van der Waals surface area contributed by atoms with E-state index in [1.54, 1.807) is 7.11 Å². The van der Waals surface area contributed by atoms with Crippen LogP contribution in [0, 0.1) is 5.41 Å². The van der Waals surface area contributed by atoms with Gasteiger partial charge in [-0.2, -0.15) is 0 Å². The molecule has 0 bridgehead atoms. The average molecular weight is 289 g/mol. The number of ether oxygens (including phenoxy) is 4. The molecule has 1 heterocycles. The zero-order valence-electron chi connectivity index (χ0n) is 12.6. The van der Waals surface area contributed by atoms with Crippen molar-refractivity contribution < 1.29 is 23.7 Å². The van der Waals surface area contributed by atoms with Gasteiger partial charge in [-0.3, -0.25) is 4.79 Å². The van der Waals surface area contributed by atoms with E-state index in [1.807, 2.05) is 6.92 Å². The highest BCUT2D eigenvalue weighted by molar-refractivity contribution is 5.76. The smallest absolute Gasteiger partial charge is 0.311 e. The van der Waals surface area contributed by atoms with Gasteiger partial charge in [0.25, 0.3) is 0 Å². The molecule has 1 aliphatic heterocycles. The molecule has 0 aromatic carbocycles. The van der Waals surface area contributed by atoms with Crippen LogP contribution in [0.2, 0.25) is 0 Å². The molecule has 1 fully saturated rings. The fraction of sp³-hybridized carbons (Fsp3) is 0.929. The van der Waals surface area contributed by atoms with Gasteiger partial charge < -0.3 is 24.3 Å². The molecule has 1 rings (SSSR count). The summed E-state index contributed by atoms with van der Waals surface area (Å²) in [7, 11) is 1.64. The predicted octanol–water partition coefficient (Wildman–Crippen LogP) is 0.599. The monoisotopic (exact) mass is 289 g/mol. The molecule has 6 heteroatoms. The van der Waals surface area contributed by atoms with Crippen molar-refractivity contribution in [1.29, 1.82) is 0 Å². The first kappa shape index (κ1) is 17.4. The molecule has 1 N–H and O–H groups in total. The Labute approximate surface area is 121 Å². The van der Waals surface area contributed by atoms with Gasteiger partial charge in [-0.1, -0.05) is 0 Å². The second-order valence-electron chi connectivity index (χ2n) is 5.16. The second kappa shape index (κ2) is 10.1. The van der Waals surface area contributed by atoms with E-state index in [0.29, 0.717) is 39.6 Å². The van der Waals surface area contributed by atoms with Crippen LogP contribution in [0.1, 0.15) is 19.8 Å². The van der Waals surface area contributed by atoms with Crippen LogP contribution in [0.5, 0.6) is 0 Å². The van der Waals surface area contributed by atoms with Crippen molar-refractivity contribution >= 4 is 5.97 Å². The lowest BCUT2D eigenvalue weighted by Crippen LogP contribution is -2.41. The molecular formula is C14H27NO5. The number of rotatable bonds is 10. The Morgan fingerprint density at radius 1 is 1.00 bits per heavy atom. The van der Waals surface area contributed by atoms with Crippen molar-refractivity contribution in [3.8, 4) is 0 Å². The lowest BCUT2D eigenvalue weighted by atomic mass is 9.81. The number of esters is 1. The minimum Gasteiger partial charge on any atom is -0.463 e. The number of methoxy groups -OCH3 is 1. The highest BCUT2D eigenvalue weighted by Gasteiger charge is 2.35. The van der Waals surface area contributed by atoms with Crippen LogP contribution >= 0.6 is 0 Å². The molecule has 0 aromatic heterocycles. The quantitative estimate of drug-likeness (QED) is 0.469. The summed E-state index contributed by atoms with van der Waals surface area (Å²) in [5.74, 6) is -0.112. The summed E-state index contributed by atoms with van der Waals surface area (Å²) in [6, 6.07) is 0. The number of piperidine rings is 1. The maximum Gasteiger partial charge on any atom is 0.311 e. The van der Waals surface area contributed by atoms with Gasteiger partial charge in [-0.05, 0) is 32.9 Å². The maximum atomic E-state index is 12.0. The lowest BCUT2D eigenvalue weighted by Gasteiger charge is -2.31. The normalized spacial score (nSPS) is 17.9. The first-order valence-corrected chi connectivity index (χ1v) is 7.21. The van der Waals surface area contributed by atoms with Gasteiger partial charge in [-0.25, -0.2) is 0 Å². The van der Waals surface area contributed by atoms with Gasteiger partial charge in [0.1, 0.15) is 6.61 Å². The Balaban J connectivity index is 1.96. The largest absolute Gasteiger partial charge is 0.463 e. The first-order chi connectivity index (χ1) is 9.69. The third-order valence-electron chi connectivity index (χ3n) is 3.46.